The van der Waals surface area contributed by atoms with E-state index in [-0.39, 0.29) is 13.0 Å². The molecule has 2 aromatic rings. The van der Waals surface area contributed by atoms with E-state index in [4.69, 9.17) is 16.7 Å². The lowest BCUT2D eigenvalue weighted by Crippen LogP contribution is -2.54. The van der Waals surface area contributed by atoms with Crippen molar-refractivity contribution in [1.29, 1.82) is 0 Å². The summed E-state index contributed by atoms with van der Waals surface area (Å²) in [4.78, 5) is 17.7. The van der Waals surface area contributed by atoms with Gasteiger partial charge in [-0.1, -0.05) is 11.6 Å². The van der Waals surface area contributed by atoms with Gasteiger partial charge < -0.3 is 15.3 Å². The predicted octanol–water partition coefficient (Wildman–Crippen LogP) is 3.11. The van der Waals surface area contributed by atoms with Crippen LogP contribution in [0.25, 0.3) is 0 Å². The first kappa shape index (κ1) is 20.8. The zero-order valence-electron chi connectivity index (χ0n) is 17.0. The largest absolute Gasteiger partial charge is 0.396 e. The molecule has 4 heterocycles. The number of piperazine rings is 1. The molecule has 0 aromatic carbocycles. The Morgan fingerprint density at radius 1 is 1.23 bits per heavy atom. The summed E-state index contributed by atoms with van der Waals surface area (Å²) < 4.78 is 26.8. The molecular formula is C21H25ClF2N6O. The van der Waals surface area contributed by atoms with E-state index in [1.165, 1.54) is 0 Å². The lowest BCUT2D eigenvalue weighted by atomic mass is 10.1. The van der Waals surface area contributed by atoms with Gasteiger partial charge in [0.15, 0.2) is 0 Å². The van der Waals surface area contributed by atoms with Gasteiger partial charge in [0.1, 0.15) is 5.82 Å². The monoisotopic (exact) mass is 450 g/mol. The summed E-state index contributed by atoms with van der Waals surface area (Å²) in [6.07, 6.45) is 5.86. The number of alkyl halides is 2. The summed E-state index contributed by atoms with van der Waals surface area (Å²) in [7, 11) is 0. The Labute approximate surface area is 184 Å². The number of hydrogen-bond acceptors (Lipinski definition) is 7. The molecule has 0 spiro atoms. The van der Waals surface area contributed by atoms with Crippen LogP contribution < -0.4 is 10.2 Å². The van der Waals surface area contributed by atoms with Gasteiger partial charge in [-0.15, -0.1) is 0 Å². The summed E-state index contributed by atoms with van der Waals surface area (Å²) >= 11 is 6.22. The molecule has 0 radical (unpaired) electrons. The van der Waals surface area contributed by atoms with Crippen LogP contribution in [0.3, 0.4) is 0 Å². The third-order valence-corrected chi connectivity index (χ3v) is 6.83. The van der Waals surface area contributed by atoms with Gasteiger partial charge in [0, 0.05) is 63.3 Å². The highest BCUT2D eigenvalue weighted by atomic mass is 35.5. The number of aliphatic hydroxyl groups is 1. The van der Waals surface area contributed by atoms with E-state index in [0.717, 1.165) is 31.7 Å². The smallest absolute Gasteiger partial charge is 0.252 e. The Balaban J connectivity index is 1.25. The van der Waals surface area contributed by atoms with Gasteiger partial charge in [-0.2, -0.15) is 4.98 Å². The van der Waals surface area contributed by atoms with Crippen LogP contribution in [-0.4, -0.2) is 69.2 Å². The van der Waals surface area contributed by atoms with Crippen molar-refractivity contribution in [3.05, 3.63) is 35.2 Å². The maximum Gasteiger partial charge on any atom is 0.252 e. The van der Waals surface area contributed by atoms with Gasteiger partial charge >= 0.3 is 0 Å². The second-order valence-electron chi connectivity index (χ2n) is 8.64. The second kappa shape index (κ2) is 8.11. The van der Waals surface area contributed by atoms with E-state index in [1.807, 2.05) is 6.07 Å². The van der Waals surface area contributed by atoms with E-state index in [1.54, 1.807) is 18.5 Å². The van der Waals surface area contributed by atoms with Crippen molar-refractivity contribution in [3.8, 4) is 0 Å². The molecule has 7 nitrogen and oxygen atoms in total. The number of nitrogens with one attached hydrogen (secondary N) is 1. The molecule has 31 heavy (non-hydrogen) atoms. The molecule has 10 heteroatoms. The molecule has 2 bridgehead atoms. The predicted molar refractivity (Wildman–Crippen MR) is 114 cm³/mol. The van der Waals surface area contributed by atoms with E-state index in [2.05, 4.69) is 30.1 Å². The van der Waals surface area contributed by atoms with Gasteiger partial charge in [-0.25, -0.2) is 13.8 Å². The van der Waals surface area contributed by atoms with E-state index >= 15 is 0 Å². The molecule has 1 aliphatic carbocycles. The zero-order chi connectivity index (χ0) is 21.6. The number of rotatable bonds is 7. The van der Waals surface area contributed by atoms with E-state index in [0.29, 0.717) is 47.4 Å². The first-order valence-electron chi connectivity index (χ1n) is 10.7. The van der Waals surface area contributed by atoms with Crippen LogP contribution in [0.5, 0.6) is 0 Å². The molecule has 2 N–H and O–H groups in total. The highest BCUT2D eigenvalue weighted by Crippen LogP contribution is 2.50. The topological polar surface area (TPSA) is 77.4 Å². The number of nitrogens with zero attached hydrogens (tertiary/aromatic N) is 5. The quantitative estimate of drug-likeness (QED) is 0.671. The van der Waals surface area contributed by atoms with Gasteiger partial charge in [0.05, 0.1) is 22.6 Å². The molecular weight excluding hydrogens is 426 g/mol. The summed E-state index contributed by atoms with van der Waals surface area (Å²) in [5.41, 5.74) is 1.31. The number of hydrogen-bond donors (Lipinski definition) is 2. The van der Waals surface area contributed by atoms with Crippen molar-refractivity contribution in [2.24, 2.45) is 5.92 Å². The molecule has 3 aliphatic rings. The highest BCUT2D eigenvalue weighted by Gasteiger charge is 2.58. The van der Waals surface area contributed by atoms with Crippen molar-refractivity contribution in [2.45, 2.75) is 43.7 Å². The van der Waals surface area contributed by atoms with Crippen LogP contribution in [0.2, 0.25) is 5.02 Å². The van der Waals surface area contributed by atoms with Crippen molar-refractivity contribution in [2.75, 3.05) is 36.5 Å². The fraction of sp³-hybridized carbons (Fsp3) is 0.571. The molecule has 3 fully saturated rings. The average Bonchev–Trinajstić information content (AvgIpc) is 3.28. The van der Waals surface area contributed by atoms with Crippen molar-refractivity contribution in [1.82, 2.24) is 19.9 Å². The molecule has 0 amide bonds. The molecule has 166 valence electrons. The number of anilines is 3. The Hall–Kier alpha value is -2.10. The minimum Gasteiger partial charge on any atom is -0.396 e. The summed E-state index contributed by atoms with van der Waals surface area (Å²) in [6, 6.07) is 4.21. The molecule has 2 aliphatic heterocycles. The number of aliphatic hydroxyl groups excluding tert-OH is 1. The Kier molecular flexibility index (Phi) is 5.44. The maximum absolute atomic E-state index is 13.4. The molecule has 5 rings (SSSR count). The highest BCUT2D eigenvalue weighted by molar-refractivity contribution is 6.31. The first-order chi connectivity index (χ1) is 14.9. The lowest BCUT2D eigenvalue weighted by Gasteiger charge is -2.41. The maximum atomic E-state index is 13.4. The van der Waals surface area contributed by atoms with Crippen LogP contribution in [-0.2, 0) is 6.42 Å². The zero-order valence-corrected chi connectivity index (χ0v) is 17.8. The van der Waals surface area contributed by atoms with Gasteiger partial charge in [-0.3, -0.25) is 9.88 Å². The van der Waals surface area contributed by atoms with Gasteiger partial charge in [-0.05, 0) is 25.0 Å². The Bertz CT molecular complexity index is 949. The van der Waals surface area contributed by atoms with Gasteiger partial charge in [0.2, 0.25) is 5.95 Å². The average molecular weight is 451 g/mol. The van der Waals surface area contributed by atoms with Crippen LogP contribution >= 0.6 is 11.6 Å². The number of halogens is 3. The Morgan fingerprint density at radius 3 is 2.61 bits per heavy atom. The standard InChI is InChI=1S/C21H25ClF2N6O/c22-17-7-14(9-26-18(17)4-6-31)27-20-25-5-3-19(28-20)29-11-15-1-2-16(12-29)30(15)10-13-8-21(13,23)24/h3,5,7,9,13,15-16,31H,1-2,4,6,8,10-12H2,(H,25,27,28)/t13-,15-,16+/m0/s1. The third-order valence-electron chi connectivity index (χ3n) is 6.51. The molecule has 2 saturated heterocycles. The van der Waals surface area contributed by atoms with E-state index < -0.39 is 11.8 Å². The van der Waals surface area contributed by atoms with Crippen LogP contribution in [0.4, 0.5) is 26.2 Å². The summed E-state index contributed by atoms with van der Waals surface area (Å²) in [6.45, 7) is 2.07. The normalized spacial score (nSPS) is 26.8. The SMILES string of the molecule is OCCc1ncc(Nc2nccc(N3C[C@H]4CC[C@@H](C3)N4C[C@@H]3CC3(F)F)n2)cc1Cl. The molecule has 2 aromatic heterocycles. The molecule has 1 saturated carbocycles. The minimum absolute atomic E-state index is 0.0109. The van der Waals surface area contributed by atoms with Crippen LogP contribution in [0.15, 0.2) is 24.5 Å². The van der Waals surface area contributed by atoms with Crippen LogP contribution in [0, 0.1) is 5.92 Å². The lowest BCUT2D eigenvalue weighted by molar-refractivity contribution is 0.0750. The van der Waals surface area contributed by atoms with Crippen molar-refractivity contribution < 1.29 is 13.9 Å². The fourth-order valence-electron chi connectivity index (χ4n) is 4.74. The fourth-order valence-corrected chi connectivity index (χ4v) is 5.00. The summed E-state index contributed by atoms with van der Waals surface area (Å²) in [5, 5.41) is 12.7. The number of aromatic nitrogens is 3. The number of fused-ring (bicyclic) bond motifs is 2. The van der Waals surface area contributed by atoms with Crippen molar-refractivity contribution in [3.63, 3.8) is 0 Å². The second-order valence-corrected chi connectivity index (χ2v) is 9.05. The third kappa shape index (κ3) is 4.31. The molecule has 3 atom stereocenters. The summed E-state index contributed by atoms with van der Waals surface area (Å²) in [5.74, 6) is -1.67. The van der Waals surface area contributed by atoms with Crippen molar-refractivity contribution >= 4 is 29.1 Å². The van der Waals surface area contributed by atoms with Gasteiger partial charge in [0.25, 0.3) is 5.92 Å². The van der Waals surface area contributed by atoms with E-state index in [9.17, 15) is 8.78 Å². The molecule has 0 unspecified atom stereocenters. The Morgan fingerprint density at radius 2 is 1.97 bits per heavy atom. The minimum atomic E-state index is -2.46. The van der Waals surface area contributed by atoms with Crippen LogP contribution in [0.1, 0.15) is 25.0 Å². The number of pyridine rings is 1. The first-order valence-corrected chi connectivity index (χ1v) is 11.0.